The number of benzene rings is 2. The van der Waals surface area contributed by atoms with Crippen molar-refractivity contribution >= 4 is 38.3 Å². The number of rotatable bonds is 4. The van der Waals surface area contributed by atoms with Crippen molar-refractivity contribution in [3.8, 4) is 11.5 Å². The van der Waals surface area contributed by atoms with E-state index >= 15 is 0 Å². The van der Waals surface area contributed by atoms with Gasteiger partial charge < -0.3 is 24.6 Å². The maximum atomic E-state index is 12.5. The average molecular weight is 410 g/mol. The molecule has 1 fully saturated rings. The van der Waals surface area contributed by atoms with Gasteiger partial charge in [-0.05, 0) is 42.9 Å². The monoisotopic (exact) mass is 410 g/mol. The molecule has 0 bridgehead atoms. The summed E-state index contributed by atoms with van der Waals surface area (Å²) < 4.78 is 11.8. The van der Waals surface area contributed by atoms with Crippen LogP contribution < -0.4 is 19.7 Å². The van der Waals surface area contributed by atoms with E-state index < -0.39 is 0 Å². The Kier molecular flexibility index (Phi) is 4.73. The molecule has 1 amide bonds. The minimum Gasteiger partial charge on any atom is -0.454 e. The number of fused-ring (bicyclic) bond motifs is 2. The molecule has 0 aliphatic carbocycles. The standard InChI is InChI=1S/C21H22N4O3S/c1-24-6-8-25(9-7-24)21-23-16-4-3-15(12-19(16)29-21)22-20(26)11-14-2-5-17-18(10-14)28-13-27-17/h2-5,10,12H,6-9,11,13H2,1H3,(H,22,26). The molecule has 1 aromatic heterocycles. The topological polar surface area (TPSA) is 66.9 Å². The van der Waals surface area contributed by atoms with Crippen molar-refractivity contribution in [2.75, 3.05) is 50.2 Å². The van der Waals surface area contributed by atoms with Crippen LogP contribution in [0.1, 0.15) is 5.56 Å². The maximum absolute atomic E-state index is 12.5. The van der Waals surface area contributed by atoms with Gasteiger partial charge in [0.05, 0.1) is 16.6 Å². The zero-order valence-electron chi connectivity index (χ0n) is 16.2. The molecular weight excluding hydrogens is 388 g/mol. The Bertz CT molecular complexity index is 1060. The number of hydrogen-bond acceptors (Lipinski definition) is 7. The molecule has 0 saturated carbocycles. The van der Waals surface area contributed by atoms with Gasteiger partial charge in [-0.25, -0.2) is 4.98 Å². The lowest BCUT2D eigenvalue weighted by Crippen LogP contribution is -2.44. The smallest absolute Gasteiger partial charge is 0.231 e. The maximum Gasteiger partial charge on any atom is 0.231 e. The van der Waals surface area contributed by atoms with E-state index in [0.29, 0.717) is 5.75 Å². The lowest BCUT2D eigenvalue weighted by molar-refractivity contribution is -0.115. The molecule has 3 heterocycles. The van der Waals surface area contributed by atoms with Crippen molar-refractivity contribution in [2.45, 2.75) is 6.42 Å². The van der Waals surface area contributed by atoms with Crippen molar-refractivity contribution in [2.24, 2.45) is 0 Å². The van der Waals surface area contributed by atoms with Crippen molar-refractivity contribution in [3.05, 3.63) is 42.0 Å². The molecule has 0 atom stereocenters. The van der Waals surface area contributed by atoms with Crippen LogP contribution in [-0.2, 0) is 11.2 Å². The summed E-state index contributed by atoms with van der Waals surface area (Å²) in [5.41, 5.74) is 2.65. The first-order chi connectivity index (χ1) is 14.1. The van der Waals surface area contributed by atoms with E-state index in [1.54, 1.807) is 11.3 Å². The third kappa shape index (κ3) is 3.86. The molecule has 0 spiro atoms. The molecule has 0 radical (unpaired) electrons. The first kappa shape index (κ1) is 18.2. The number of carbonyl (C=O) groups is 1. The van der Waals surface area contributed by atoms with E-state index in [4.69, 9.17) is 14.5 Å². The Labute approximate surface area is 172 Å². The predicted octanol–water partition coefficient (Wildman–Crippen LogP) is 2.96. The number of carbonyl (C=O) groups excluding carboxylic acids is 1. The number of nitrogens with zero attached hydrogens (tertiary/aromatic N) is 3. The molecule has 8 heteroatoms. The second kappa shape index (κ2) is 7.53. The molecular formula is C21H22N4O3S. The number of likely N-dealkylation sites (N-methyl/N-ethyl adjacent to an activating group) is 1. The molecule has 150 valence electrons. The van der Waals surface area contributed by atoms with E-state index in [0.717, 1.165) is 58.5 Å². The molecule has 7 nitrogen and oxygen atoms in total. The van der Waals surface area contributed by atoms with Gasteiger partial charge in [-0.15, -0.1) is 0 Å². The second-order valence-electron chi connectivity index (χ2n) is 7.38. The highest BCUT2D eigenvalue weighted by Gasteiger charge is 2.18. The Balaban J connectivity index is 1.27. The van der Waals surface area contributed by atoms with Crippen molar-refractivity contribution in [1.82, 2.24) is 9.88 Å². The highest BCUT2D eigenvalue weighted by atomic mass is 32.1. The summed E-state index contributed by atoms with van der Waals surface area (Å²) >= 11 is 1.68. The Morgan fingerprint density at radius 2 is 1.93 bits per heavy atom. The van der Waals surface area contributed by atoms with Gasteiger partial charge in [0.15, 0.2) is 16.6 Å². The fourth-order valence-electron chi connectivity index (χ4n) is 3.56. The summed E-state index contributed by atoms with van der Waals surface area (Å²) in [5, 5.41) is 4.05. The van der Waals surface area contributed by atoms with Gasteiger partial charge in [0.25, 0.3) is 0 Å². The Morgan fingerprint density at radius 1 is 1.10 bits per heavy atom. The first-order valence-corrected chi connectivity index (χ1v) is 10.5. The lowest BCUT2D eigenvalue weighted by atomic mass is 10.1. The molecule has 1 saturated heterocycles. The van der Waals surface area contributed by atoms with Crippen LogP contribution in [0.4, 0.5) is 10.8 Å². The van der Waals surface area contributed by atoms with Gasteiger partial charge in [0.1, 0.15) is 0 Å². The lowest BCUT2D eigenvalue weighted by Gasteiger charge is -2.31. The minimum atomic E-state index is -0.0629. The number of aromatic nitrogens is 1. The van der Waals surface area contributed by atoms with E-state index in [1.807, 2.05) is 36.4 Å². The largest absolute Gasteiger partial charge is 0.454 e. The van der Waals surface area contributed by atoms with Crippen LogP contribution in [0.25, 0.3) is 10.2 Å². The quantitative estimate of drug-likeness (QED) is 0.713. The van der Waals surface area contributed by atoms with Crippen LogP contribution in [-0.4, -0.2) is 55.8 Å². The molecule has 1 N–H and O–H groups in total. The number of piperazine rings is 1. The highest BCUT2D eigenvalue weighted by Crippen LogP contribution is 2.33. The van der Waals surface area contributed by atoms with Gasteiger partial charge in [-0.3, -0.25) is 4.79 Å². The minimum absolute atomic E-state index is 0.0629. The highest BCUT2D eigenvalue weighted by molar-refractivity contribution is 7.22. The SMILES string of the molecule is CN1CCN(c2nc3ccc(NC(=O)Cc4ccc5c(c4)OCO5)cc3s2)CC1. The first-order valence-electron chi connectivity index (χ1n) is 9.66. The van der Waals surface area contributed by atoms with Gasteiger partial charge >= 0.3 is 0 Å². The summed E-state index contributed by atoms with van der Waals surface area (Å²) in [6.45, 7) is 4.33. The second-order valence-corrected chi connectivity index (χ2v) is 8.39. The third-order valence-electron chi connectivity index (χ3n) is 5.24. The molecule has 0 unspecified atom stereocenters. The van der Waals surface area contributed by atoms with Gasteiger partial charge in [0, 0.05) is 31.9 Å². The number of anilines is 2. The predicted molar refractivity (Wildman–Crippen MR) is 114 cm³/mol. The average Bonchev–Trinajstić information content (AvgIpc) is 3.34. The van der Waals surface area contributed by atoms with Crippen molar-refractivity contribution in [1.29, 1.82) is 0 Å². The van der Waals surface area contributed by atoms with E-state index in [1.165, 1.54) is 0 Å². The molecule has 5 rings (SSSR count). The zero-order chi connectivity index (χ0) is 19.8. The van der Waals surface area contributed by atoms with Crippen LogP contribution in [0, 0.1) is 0 Å². The van der Waals surface area contributed by atoms with Gasteiger partial charge in [-0.1, -0.05) is 17.4 Å². The van der Waals surface area contributed by atoms with E-state index in [9.17, 15) is 4.79 Å². The van der Waals surface area contributed by atoms with Crippen LogP contribution in [0.3, 0.4) is 0 Å². The van der Waals surface area contributed by atoms with Crippen LogP contribution in [0.15, 0.2) is 36.4 Å². The van der Waals surface area contributed by atoms with Crippen LogP contribution in [0.2, 0.25) is 0 Å². The molecule has 2 aliphatic heterocycles. The summed E-state index contributed by atoms with van der Waals surface area (Å²) in [4.78, 5) is 21.9. The molecule has 29 heavy (non-hydrogen) atoms. The normalized spacial score (nSPS) is 16.4. The van der Waals surface area contributed by atoms with E-state index in [-0.39, 0.29) is 19.1 Å². The number of amides is 1. The van der Waals surface area contributed by atoms with Gasteiger partial charge in [0.2, 0.25) is 12.7 Å². The fourth-order valence-corrected chi connectivity index (χ4v) is 4.62. The number of nitrogens with one attached hydrogen (secondary N) is 1. The van der Waals surface area contributed by atoms with E-state index in [2.05, 4.69) is 22.2 Å². The summed E-state index contributed by atoms with van der Waals surface area (Å²) in [7, 11) is 2.15. The molecule has 2 aromatic carbocycles. The Hall–Kier alpha value is -2.84. The van der Waals surface area contributed by atoms with Crippen LogP contribution >= 0.6 is 11.3 Å². The van der Waals surface area contributed by atoms with Gasteiger partial charge in [-0.2, -0.15) is 0 Å². The number of hydrogen-bond donors (Lipinski definition) is 1. The summed E-state index contributed by atoms with van der Waals surface area (Å²) in [5.74, 6) is 1.35. The number of thiazole rings is 1. The summed E-state index contributed by atoms with van der Waals surface area (Å²) in [6.07, 6.45) is 0.282. The van der Waals surface area contributed by atoms with Crippen molar-refractivity contribution < 1.29 is 14.3 Å². The third-order valence-corrected chi connectivity index (χ3v) is 6.32. The number of ether oxygens (including phenoxy) is 2. The molecule has 3 aromatic rings. The Morgan fingerprint density at radius 3 is 2.79 bits per heavy atom. The fraction of sp³-hybridized carbons (Fsp3) is 0.333. The van der Waals surface area contributed by atoms with Crippen molar-refractivity contribution in [3.63, 3.8) is 0 Å². The van der Waals surface area contributed by atoms with Crippen LogP contribution in [0.5, 0.6) is 11.5 Å². The molecule has 2 aliphatic rings. The summed E-state index contributed by atoms with van der Waals surface area (Å²) in [6, 6.07) is 11.5. The zero-order valence-corrected chi connectivity index (χ0v) is 17.0.